The summed E-state index contributed by atoms with van der Waals surface area (Å²) in [5.74, 6) is 0.900. The summed E-state index contributed by atoms with van der Waals surface area (Å²) in [5, 5.41) is 11.4. The average molecular weight is 453 g/mol. The maximum absolute atomic E-state index is 12.8. The second-order valence-corrected chi connectivity index (χ2v) is 8.27. The molecule has 1 aromatic heterocycles. The minimum absolute atomic E-state index is 0.130. The number of methoxy groups -OCH3 is 1. The molecule has 0 unspecified atom stereocenters. The Morgan fingerprint density at radius 3 is 2.68 bits per heavy atom. The molecule has 1 aliphatic heterocycles. The molecule has 2 heterocycles. The first kappa shape index (κ1) is 20.8. The molecule has 0 aliphatic carbocycles. The standard InChI is InChI=1S/C22H16N2O5S2/c1-28-15-7-9-17(18(11-15)24(26)27)19-10-8-16(29-19)12-20-21(25)23(22(30)31-20)13-14-5-3-2-4-6-14/h2-12H,13H2,1H3. The number of benzene rings is 2. The molecule has 1 fully saturated rings. The van der Waals surface area contributed by atoms with Gasteiger partial charge in [-0.3, -0.25) is 19.8 Å². The number of ether oxygens (including phenoxy) is 1. The Balaban J connectivity index is 1.58. The van der Waals surface area contributed by atoms with Crippen molar-refractivity contribution in [3.8, 4) is 17.1 Å². The van der Waals surface area contributed by atoms with Gasteiger partial charge in [0.05, 0.1) is 35.1 Å². The highest BCUT2D eigenvalue weighted by molar-refractivity contribution is 8.26. The fourth-order valence-corrected chi connectivity index (χ4v) is 4.34. The molecule has 0 spiro atoms. The number of carbonyl (C=O) groups is 1. The number of hydrogen-bond donors (Lipinski definition) is 0. The number of rotatable bonds is 6. The first-order valence-electron chi connectivity index (χ1n) is 9.18. The summed E-state index contributed by atoms with van der Waals surface area (Å²) in [7, 11) is 1.44. The topological polar surface area (TPSA) is 85.8 Å². The Morgan fingerprint density at radius 2 is 1.97 bits per heavy atom. The Labute approximate surface area is 187 Å². The third-order valence-electron chi connectivity index (χ3n) is 4.62. The van der Waals surface area contributed by atoms with E-state index in [1.807, 2.05) is 30.3 Å². The number of thioether (sulfide) groups is 1. The lowest BCUT2D eigenvalue weighted by atomic mass is 10.1. The van der Waals surface area contributed by atoms with E-state index in [2.05, 4.69) is 0 Å². The Hall–Kier alpha value is -3.43. The van der Waals surface area contributed by atoms with E-state index < -0.39 is 4.92 Å². The number of nitro groups is 1. The second kappa shape index (κ2) is 8.75. The number of hydrogen-bond acceptors (Lipinski definition) is 7. The van der Waals surface area contributed by atoms with Crippen LogP contribution in [0.1, 0.15) is 11.3 Å². The number of carbonyl (C=O) groups excluding carboxylic acids is 1. The number of thiocarbonyl (C=S) groups is 1. The van der Waals surface area contributed by atoms with Crippen LogP contribution >= 0.6 is 24.0 Å². The zero-order chi connectivity index (χ0) is 22.0. The van der Waals surface area contributed by atoms with Crippen LogP contribution < -0.4 is 4.74 Å². The molecule has 0 saturated carbocycles. The first-order valence-corrected chi connectivity index (χ1v) is 10.4. The SMILES string of the molecule is COc1ccc(-c2ccc(C=C3SC(=S)N(Cc4ccccc4)C3=O)o2)c([N+](=O)[O-])c1. The van der Waals surface area contributed by atoms with E-state index in [1.54, 1.807) is 35.2 Å². The van der Waals surface area contributed by atoms with Crippen LogP contribution in [0.15, 0.2) is 70.0 Å². The molecule has 1 amide bonds. The Bertz CT molecular complexity index is 1200. The molecule has 0 radical (unpaired) electrons. The third kappa shape index (κ3) is 4.37. The lowest BCUT2D eigenvalue weighted by molar-refractivity contribution is -0.384. The number of nitrogens with zero attached hydrogens (tertiary/aromatic N) is 2. The molecular formula is C22H16N2O5S2. The van der Waals surface area contributed by atoms with Gasteiger partial charge < -0.3 is 9.15 Å². The lowest BCUT2D eigenvalue weighted by Gasteiger charge is -2.14. The van der Waals surface area contributed by atoms with E-state index in [0.717, 1.165) is 5.56 Å². The van der Waals surface area contributed by atoms with Crippen LogP contribution in [-0.2, 0) is 11.3 Å². The van der Waals surface area contributed by atoms with Gasteiger partial charge in [-0.1, -0.05) is 54.3 Å². The molecule has 7 nitrogen and oxygen atoms in total. The molecule has 4 rings (SSSR count). The Morgan fingerprint density at radius 1 is 1.19 bits per heavy atom. The average Bonchev–Trinajstić information content (AvgIpc) is 3.34. The van der Waals surface area contributed by atoms with Gasteiger partial charge in [0.1, 0.15) is 21.6 Å². The Kier molecular flexibility index (Phi) is 5.88. The van der Waals surface area contributed by atoms with E-state index in [1.165, 1.54) is 24.9 Å². The molecule has 0 bridgehead atoms. The predicted molar refractivity (Wildman–Crippen MR) is 123 cm³/mol. The van der Waals surface area contributed by atoms with Gasteiger partial charge in [-0.25, -0.2) is 0 Å². The van der Waals surface area contributed by atoms with E-state index in [4.69, 9.17) is 21.4 Å². The van der Waals surface area contributed by atoms with Gasteiger partial charge >= 0.3 is 0 Å². The van der Waals surface area contributed by atoms with Crippen molar-refractivity contribution in [3.05, 3.63) is 87.0 Å². The normalized spacial score (nSPS) is 15.0. The van der Waals surface area contributed by atoms with Crippen LogP contribution in [0.25, 0.3) is 17.4 Å². The molecule has 156 valence electrons. The van der Waals surface area contributed by atoms with Crippen molar-refractivity contribution in [3.63, 3.8) is 0 Å². The maximum Gasteiger partial charge on any atom is 0.284 e. The molecule has 31 heavy (non-hydrogen) atoms. The number of amides is 1. The van der Waals surface area contributed by atoms with Crippen molar-refractivity contribution in [2.75, 3.05) is 7.11 Å². The lowest BCUT2D eigenvalue weighted by Crippen LogP contribution is -2.27. The summed E-state index contributed by atoms with van der Waals surface area (Å²) in [6.45, 7) is 0.393. The minimum Gasteiger partial charge on any atom is -0.497 e. The fraction of sp³-hybridized carbons (Fsp3) is 0.0909. The van der Waals surface area contributed by atoms with Gasteiger partial charge in [-0.05, 0) is 29.8 Å². The van der Waals surface area contributed by atoms with E-state index in [-0.39, 0.29) is 11.6 Å². The van der Waals surface area contributed by atoms with E-state index >= 15 is 0 Å². The molecule has 0 atom stereocenters. The molecule has 0 N–H and O–H groups in total. The highest BCUT2D eigenvalue weighted by Gasteiger charge is 2.32. The van der Waals surface area contributed by atoms with E-state index in [9.17, 15) is 14.9 Å². The number of furan rings is 1. The van der Waals surface area contributed by atoms with Gasteiger partial charge in [0, 0.05) is 6.08 Å². The van der Waals surface area contributed by atoms with Gasteiger partial charge in [-0.2, -0.15) is 0 Å². The van der Waals surface area contributed by atoms with Crippen LogP contribution in [0.3, 0.4) is 0 Å². The van der Waals surface area contributed by atoms with Crippen molar-refractivity contribution in [2.24, 2.45) is 0 Å². The minimum atomic E-state index is -0.491. The molecule has 3 aromatic rings. The molecule has 9 heteroatoms. The molecule has 1 aliphatic rings. The zero-order valence-corrected chi connectivity index (χ0v) is 17.9. The van der Waals surface area contributed by atoms with Crippen LogP contribution in [0, 0.1) is 10.1 Å². The summed E-state index contributed by atoms with van der Waals surface area (Å²) in [5.41, 5.74) is 1.17. The van der Waals surface area contributed by atoms with E-state index in [0.29, 0.717) is 38.6 Å². The van der Waals surface area contributed by atoms with Gasteiger partial charge in [0.2, 0.25) is 0 Å². The highest BCUT2D eigenvalue weighted by Crippen LogP contribution is 2.37. The zero-order valence-electron chi connectivity index (χ0n) is 16.3. The second-order valence-electron chi connectivity index (χ2n) is 6.60. The maximum atomic E-state index is 12.8. The van der Waals surface area contributed by atoms with Crippen molar-refractivity contribution in [1.82, 2.24) is 4.90 Å². The molecule has 2 aromatic carbocycles. The number of nitro benzene ring substituents is 1. The van der Waals surface area contributed by atoms with Crippen molar-refractivity contribution >= 4 is 46.0 Å². The predicted octanol–water partition coefficient (Wildman–Crippen LogP) is 5.26. The van der Waals surface area contributed by atoms with Crippen LogP contribution in [0.2, 0.25) is 0 Å². The van der Waals surface area contributed by atoms with Gasteiger partial charge in [0.15, 0.2) is 0 Å². The molecular weight excluding hydrogens is 436 g/mol. The summed E-state index contributed by atoms with van der Waals surface area (Å²) in [6.07, 6.45) is 1.60. The first-order chi connectivity index (χ1) is 15.0. The van der Waals surface area contributed by atoms with Crippen molar-refractivity contribution in [2.45, 2.75) is 6.54 Å². The van der Waals surface area contributed by atoms with Gasteiger partial charge in [-0.15, -0.1) is 0 Å². The van der Waals surface area contributed by atoms with Crippen LogP contribution in [0.4, 0.5) is 5.69 Å². The molecule has 1 saturated heterocycles. The largest absolute Gasteiger partial charge is 0.497 e. The van der Waals surface area contributed by atoms with Crippen LogP contribution in [0.5, 0.6) is 5.75 Å². The monoisotopic (exact) mass is 452 g/mol. The smallest absolute Gasteiger partial charge is 0.284 e. The highest BCUT2D eigenvalue weighted by atomic mass is 32.2. The summed E-state index contributed by atoms with van der Waals surface area (Å²) < 4.78 is 11.3. The summed E-state index contributed by atoms with van der Waals surface area (Å²) >= 11 is 6.57. The van der Waals surface area contributed by atoms with Crippen molar-refractivity contribution in [1.29, 1.82) is 0 Å². The summed E-state index contributed by atoms with van der Waals surface area (Å²) in [4.78, 5) is 25.7. The summed E-state index contributed by atoms with van der Waals surface area (Å²) in [6, 6.07) is 17.4. The quantitative estimate of drug-likeness (QED) is 0.218. The van der Waals surface area contributed by atoms with Crippen LogP contribution in [-0.4, -0.2) is 27.2 Å². The fourth-order valence-electron chi connectivity index (χ4n) is 3.10. The van der Waals surface area contributed by atoms with Gasteiger partial charge in [0.25, 0.3) is 11.6 Å². The van der Waals surface area contributed by atoms with Crippen molar-refractivity contribution < 1.29 is 18.9 Å². The third-order valence-corrected chi connectivity index (χ3v) is 6.00.